The zero-order valence-corrected chi connectivity index (χ0v) is 15.0. The maximum Gasteiger partial charge on any atom is 0.215 e. The van der Waals surface area contributed by atoms with Crippen LogP contribution >= 0.6 is 0 Å². The van der Waals surface area contributed by atoms with E-state index < -0.39 is 0 Å². The van der Waals surface area contributed by atoms with Crippen molar-refractivity contribution in [1.29, 1.82) is 0 Å². The number of rotatable bonds is 1. The Morgan fingerprint density at radius 2 is 1.62 bits per heavy atom. The van der Waals surface area contributed by atoms with E-state index in [-0.39, 0.29) is 12.4 Å². The van der Waals surface area contributed by atoms with Crippen LogP contribution in [-0.4, -0.2) is 0 Å². The summed E-state index contributed by atoms with van der Waals surface area (Å²) in [6.45, 7) is 0. The van der Waals surface area contributed by atoms with Gasteiger partial charge in [-0.1, -0.05) is 54.6 Å². The lowest BCUT2D eigenvalue weighted by Gasteiger charge is -2.27. The summed E-state index contributed by atoms with van der Waals surface area (Å²) in [4.78, 5) is 3.56. The minimum atomic E-state index is 0. The number of hydrogen-bond acceptors (Lipinski definition) is 1. The van der Waals surface area contributed by atoms with Crippen molar-refractivity contribution >= 4 is 16.5 Å². The highest BCUT2D eigenvalue weighted by Gasteiger charge is 2.33. The first-order chi connectivity index (χ1) is 12.3. The van der Waals surface area contributed by atoms with Gasteiger partial charge in [0.1, 0.15) is 0 Å². The van der Waals surface area contributed by atoms with E-state index in [1.165, 1.54) is 38.7 Å². The lowest BCUT2D eigenvalue weighted by atomic mass is 9.75. The van der Waals surface area contributed by atoms with E-state index in [0.717, 1.165) is 12.1 Å². The zero-order chi connectivity index (χ0) is 16.8. The Balaban J connectivity index is 0.00000168. The molecule has 1 aliphatic carbocycles. The predicted octanol–water partition coefficient (Wildman–Crippen LogP) is 1.60. The Labute approximate surface area is 159 Å². The molecule has 0 fully saturated rings. The van der Waals surface area contributed by atoms with Crippen LogP contribution in [0.1, 0.15) is 22.6 Å². The van der Waals surface area contributed by atoms with Crippen LogP contribution in [0.25, 0.3) is 22.0 Å². The van der Waals surface area contributed by atoms with Crippen LogP contribution in [0, 0.1) is 0 Å². The van der Waals surface area contributed by atoms with Crippen molar-refractivity contribution in [2.24, 2.45) is 0 Å². The van der Waals surface area contributed by atoms with E-state index in [0.29, 0.717) is 5.92 Å². The number of nitrogens with one attached hydrogen (secondary N) is 1. The van der Waals surface area contributed by atoms with E-state index in [2.05, 4.69) is 71.8 Å². The van der Waals surface area contributed by atoms with Crippen LogP contribution < -0.4 is 23.1 Å². The largest absolute Gasteiger partial charge is 1.00 e. The summed E-state index contributed by atoms with van der Waals surface area (Å²) in [6.07, 6.45) is 3.04. The summed E-state index contributed by atoms with van der Waals surface area (Å²) >= 11 is 0. The summed E-state index contributed by atoms with van der Waals surface area (Å²) < 4.78 is 0. The Morgan fingerprint density at radius 1 is 0.846 bits per heavy atom. The van der Waals surface area contributed by atoms with E-state index in [1.54, 1.807) is 0 Å². The molecule has 0 amide bonds. The number of pyridine rings is 1. The van der Waals surface area contributed by atoms with Gasteiger partial charge in [0.05, 0.1) is 5.56 Å². The van der Waals surface area contributed by atoms with Gasteiger partial charge in [0.25, 0.3) is 0 Å². The lowest BCUT2D eigenvalue weighted by molar-refractivity contribution is -0.363. The van der Waals surface area contributed by atoms with Crippen LogP contribution in [0.5, 0.6) is 0 Å². The molecular weight excluding hydrogens is 340 g/mol. The van der Waals surface area contributed by atoms with Gasteiger partial charge < -0.3 is 18.1 Å². The molecule has 1 aliphatic rings. The molecule has 0 saturated carbocycles. The van der Waals surface area contributed by atoms with Gasteiger partial charge in [-0.15, -0.1) is 0 Å². The van der Waals surface area contributed by atoms with Crippen molar-refractivity contribution in [3.05, 3.63) is 95.7 Å². The molecule has 0 radical (unpaired) electrons. The zero-order valence-electron chi connectivity index (χ0n) is 14.2. The van der Waals surface area contributed by atoms with Gasteiger partial charge in [0.2, 0.25) is 5.69 Å². The molecule has 1 atom stereocenters. The van der Waals surface area contributed by atoms with E-state index in [1.807, 2.05) is 12.1 Å². The number of hydrogen-bond donors (Lipinski definition) is 1. The molecule has 128 valence electrons. The SMILES string of the molecule is Nc1cccc2c1CC(c1ccccc1)c1c-2[nH+]cc2ccccc12.[Cl-]. The molecule has 0 bridgehead atoms. The molecule has 3 heteroatoms. The van der Waals surface area contributed by atoms with Crippen LogP contribution in [0.3, 0.4) is 0 Å². The normalized spacial score (nSPS) is 15.0. The molecule has 0 spiro atoms. The summed E-state index contributed by atoms with van der Waals surface area (Å²) in [7, 11) is 0. The molecule has 3 N–H and O–H groups in total. The van der Waals surface area contributed by atoms with Crippen molar-refractivity contribution in [3.63, 3.8) is 0 Å². The third-order valence-corrected chi connectivity index (χ3v) is 5.33. The molecule has 26 heavy (non-hydrogen) atoms. The monoisotopic (exact) mass is 358 g/mol. The van der Waals surface area contributed by atoms with Crippen molar-refractivity contribution in [1.82, 2.24) is 0 Å². The average molecular weight is 359 g/mol. The Bertz CT molecular complexity index is 1090. The standard InChI is InChI=1S/C23H18N2.ClH/c24-21-12-6-11-18-20(21)13-19(15-7-2-1-3-8-15)22-17-10-5-4-9-16(17)14-25-23(18)22;/h1-12,14,19H,13,24H2;1H. The molecule has 3 aromatic carbocycles. The second-order valence-corrected chi connectivity index (χ2v) is 6.71. The van der Waals surface area contributed by atoms with E-state index in [9.17, 15) is 0 Å². The van der Waals surface area contributed by atoms with Crippen LogP contribution in [0.15, 0.2) is 79.0 Å². The Kier molecular flexibility index (Phi) is 4.14. The highest BCUT2D eigenvalue weighted by molar-refractivity contribution is 5.91. The molecule has 1 heterocycles. The number of nitrogens with two attached hydrogens (primary N) is 1. The first-order valence-corrected chi connectivity index (χ1v) is 8.69. The molecule has 4 aromatic rings. The quantitative estimate of drug-likeness (QED) is 0.516. The molecular formula is C23H19ClN2. The number of anilines is 1. The summed E-state index contributed by atoms with van der Waals surface area (Å²) in [5.74, 6) is 0.302. The molecule has 0 saturated heterocycles. The number of benzene rings is 3. The third kappa shape index (κ3) is 2.46. The first kappa shape index (κ1) is 16.6. The number of aromatic amines is 1. The maximum atomic E-state index is 6.34. The minimum absolute atomic E-state index is 0. The molecule has 2 nitrogen and oxygen atoms in total. The van der Waals surface area contributed by atoms with Gasteiger partial charge in [-0.25, -0.2) is 4.98 Å². The fourth-order valence-corrected chi connectivity index (χ4v) is 4.16. The third-order valence-electron chi connectivity index (χ3n) is 5.33. The molecule has 5 rings (SSSR count). The van der Waals surface area contributed by atoms with Crippen LogP contribution in [0.4, 0.5) is 5.69 Å². The van der Waals surface area contributed by atoms with Gasteiger partial charge >= 0.3 is 0 Å². The van der Waals surface area contributed by atoms with Crippen LogP contribution in [0.2, 0.25) is 0 Å². The second-order valence-electron chi connectivity index (χ2n) is 6.71. The Hall–Kier alpha value is -2.84. The van der Waals surface area contributed by atoms with Gasteiger partial charge in [0, 0.05) is 22.6 Å². The van der Waals surface area contributed by atoms with Crippen molar-refractivity contribution in [2.75, 3.05) is 5.73 Å². The molecule has 0 aliphatic heterocycles. The van der Waals surface area contributed by atoms with E-state index >= 15 is 0 Å². The van der Waals surface area contributed by atoms with Gasteiger partial charge in [0.15, 0.2) is 6.20 Å². The van der Waals surface area contributed by atoms with Gasteiger partial charge in [-0.2, -0.15) is 0 Å². The first-order valence-electron chi connectivity index (χ1n) is 8.69. The Morgan fingerprint density at radius 3 is 2.46 bits per heavy atom. The van der Waals surface area contributed by atoms with Gasteiger partial charge in [-0.3, -0.25) is 0 Å². The molecule has 1 aromatic heterocycles. The summed E-state index contributed by atoms with van der Waals surface area (Å²) in [6, 6.07) is 25.6. The predicted molar refractivity (Wildman–Crippen MR) is 102 cm³/mol. The van der Waals surface area contributed by atoms with Gasteiger partial charge in [-0.05, 0) is 41.1 Å². The van der Waals surface area contributed by atoms with E-state index in [4.69, 9.17) is 5.73 Å². The average Bonchev–Trinajstić information content (AvgIpc) is 2.68. The highest BCUT2D eigenvalue weighted by Crippen LogP contribution is 2.44. The fraction of sp³-hybridized carbons (Fsp3) is 0.0870. The highest BCUT2D eigenvalue weighted by atomic mass is 35.5. The van der Waals surface area contributed by atoms with Crippen molar-refractivity contribution in [3.8, 4) is 11.3 Å². The smallest absolute Gasteiger partial charge is 0.215 e. The summed E-state index contributed by atoms with van der Waals surface area (Å²) in [5.41, 5.74) is 13.6. The summed E-state index contributed by atoms with van der Waals surface area (Å²) in [5, 5.41) is 2.56. The fourth-order valence-electron chi connectivity index (χ4n) is 4.16. The topological polar surface area (TPSA) is 40.2 Å². The maximum absolute atomic E-state index is 6.34. The second kappa shape index (κ2) is 6.47. The number of aromatic nitrogens is 1. The van der Waals surface area contributed by atoms with Crippen molar-refractivity contribution in [2.45, 2.75) is 12.3 Å². The molecule has 1 unspecified atom stereocenters. The number of nitrogen functional groups attached to an aromatic ring is 1. The van der Waals surface area contributed by atoms with Crippen molar-refractivity contribution < 1.29 is 17.4 Å². The minimum Gasteiger partial charge on any atom is -1.00 e. The number of H-pyrrole nitrogens is 1. The number of fused-ring (bicyclic) bond motifs is 5. The number of halogens is 1. The van der Waals surface area contributed by atoms with Crippen LogP contribution in [-0.2, 0) is 6.42 Å². The lowest BCUT2D eigenvalue weighted by Crippen LogP contribution is -3.00.